The lowest BCUT2D eigenvalue weighted by atomic mass is 10.3. The van der Waals surface area contributed by atoms with E-state index in [1.807, 2.05) is 0 Å². The fourth-order valence-corrected chi connectivity index (χ4v) is 1.52. The van der Waals surface area contributed by atoms with Crippen LogP contribution in [0.3, 0.4) is 0 Å². The van der Waals surface area contributed by atoms with E-state index in [1.165, 1.54) is 13.0 Å². The van der Waals surface area contributed by atoms with E-state index in [0.29, 0.717) is 6.10 Å². The van der Waals surface area contributed by atoms with Gasteiger partial charge in [-0.3, -0.25) is 4.90 Å². The molecule has 0 spiro atoms. The summed E-state index contributed by atoms with van der Waals surface area (Å²) in [5.74, 6) is 0. The van der Waals surface area contributed by atoms with Crippen molar-refractivity contribution in [3.05, 3.63) is 0 Å². The van der Waals surface area contributed by atoms with Crippen molar-refractivity contribution in [2.75, 3.05) is 39.8 Å². The van der Waals surface area contributed by atoms with E-state index in [-0.39, 0.29) is 0 Å². The van der Waals surface area contributed by atoms with Gasteiger partial charge < -0.3 is 10.1 Å². The summed E-state index contributed by atoms with van der Waals surface area (Å²) in [6.07, 6.45) is 1.62. The second kappa shape index (κ2) is 5.51. The maximum Gasteiger partial charge on any atom is 0.0670 e. The van der Waals surface area contributed by atoms with Crippen molar-refractivity contribution in [1.29, 1.82) is 0 Å². The lowest BCUT2D eigenvalue weighted by Crippen LogP contribution is -2.34. The predicted molar refractivity (Wildman–Crippen MR) is 50.4 cm³/mol. The number of ether oxygens (including phenoxy) is 1. The van der Waals surface area contributed by atoms with Gasteiger partial charge in [-0.15, -0.1) is 0 Å². The topological polar surface area (TPSA) is 24.5 Å². The van der Waals surface area contributed by atoms with E-state index in [4.69, 9.17) is 4.74 Å². The fraction of sp³-hybridized carbons (Fsp3) is 1.00. The van der Waals surface area contributed by atoms with E-state index in [0.717, 1.165) is 26.2 Å². The molecule has 1 unspecified atom stereocenters. The highest BCUT2D eigenvalue weighted by atomic mass is 16.5. The van der Waals surface area contributed by atoms with Crippen LogP contribution in [0.2, 0.25) is 0 Å². The van der Waals surface area contributed by atoms with Gasteiger partial charge in [0.1, 0.15) is 0 Å². The maximum absolute atomic E-state index is 5.23. The Balaban J connectivity index is 2.20. The number of methoxy groups -OCH3 is 1. The minimum absolute atomic E-state index is 0.364. The molecule has 0 bridgehead atoms. The molecule has 1 N–H and O–H groups in total. The summed E-state index contributed by atoms with van der Waals surface area (Å²) in [7, 11) is 1.78. The van der Waals surface area contributed by atoms with E-state index >= 15 is 0 Å². The van der Waals surface area contributed by atoms with Crippen LogP contribution in [-0.4, -0.2) is 50.8 Å². The van der Waals surface area contributed by atoms with Crippen molar-refractivity contribution in [2.45, 2.75) is 19.4 Å². The third kappa shape index (κ3) is 3.52. The Hall–Kier alpha value is -0.120. The van der Waals surface area contributed by atoms with Gasteiger partial charge >= 0.3 is 0 Å². The van der Waals surface area contributed by atoms with Crippen molar-refractivity contribution >= 4 is 0 Å². The highest BCUT2D eigenvalue weighted by Gasteiger charge is 2.10. The standard InChI is InChI=1S/C9H20N2O/c1-9(12-2)8-11-6-3-4-10-5-7-11/h9-10H,3-8H2,1-2H3. The first-order valence-corrected chi connectivity index (χ1v) is 4.79. The first kappa shape index (κ1) is 9.96. The zero-order valence-corrected chi connectivity index (χ0v) is 8.18. The molecule has 0 radical (unpaired) electrons. The summed E-state index contributed by atoms with van der Waals surface area (Å²) >= 11 is 0. The highest BCUT2D eigenvalue weighted by Crippen LogP contribution is 1.98. The molecule has 1 aliphatic heterocycles. The fourth-order valence-electron chi connectivity index (χ4n) is 1.52. The number of nitrogens with zero attached hydrogens (tertiary/aromatic N) is 1. The molecule has 0 aliphatic carbocycles. The lowest BCUT2D eigenvalue weighted by molar-refractivity contribution is 0.0793. The molecule has 0 aromatic heterocycles. The van der Waals surface area contributed by atoms with Crippen molar-refractivity contribution < 1.29 is 4.74 Å². The van der Waals surface area contributed by atoms with Crippen LogP contribution in [0.4, 0.5) is 0 Å². The second-order valence-corrected chi connectivity index (χ2v) is 3.45. The average Bonchev–Trinajstić information content (AvgIpc) is 2.33. The maximum atomic E-state index is 5.23. The van der Waals surface area contributed by atoms with Crippen molar-refractivity contribution in [3.8, 4) is 0 Å². The molecule has 1 fully saturated rings. The van der Waals surface area contributed by atoms with E-state index < -0.39 is 0 Å². The second-order valence-electron chi connectivity index (χ2n) is 3.45. The molecule has 1 atom stereocenters. The van der Waals surface area contributed by atoms with Crippen LogP contribution >= 0.6 is 0 Å². The number of nitrogens with one attached hydrogen (secondary N) is 1. The lowest BCUT2D eigenvalue weighted by Gasteiger charge is -2.22. The third-order valence-electron chi connectivity index (χ3n) is 2.35. The molecule has 3 nitrogen and oxygen atoms in total. The molecule has 72 valence electrons. The molecule has 1 aliphatic rings. The average molecular weight is 172 g/mol. The molecule has 1 saturated heterocycles. The van der Waals surface area contributed by atoms with Crippen LogP contribution in [-0.2, 0) is 4.74 Å². The molecular weight excluding hydrogens is 152 g/mol. The first-order chi connectivity index (χ1) is 5.83. The van der Waals surface area contributed by atoms with Gasteiger partial charge in [-0.25, -0.2) is 0 Å². The summed E-state index contributed by atoms with van der Waals surface area (Å²) in [6.45, 7) is 7.85. The monoisotopic (exact) mass is 172 g/mol. The summed E-state index contributed by atoms with van der Waals surface area (Å²) in [5, 5.41) is 3.39. The van der Waals surface area contributed by atoms with Gasteiger partial charge in [0.2, 0.25) is 0 Å². The van der Waals surface area contributed by atoms with Gasteiger partial charge in [0.15, 0.2) is 0 Å². The molecule has 1 heterocycles. The Morgan fingerprint density at radius 2 is 2.25 bits per heavy atom. The number of hydrogen-bond acceptors (Lipinski definition) is 3. The van der Waals surface area contributed by atoms with Gasteiger partial charge in [0.05, 0.1) is 6.10 Å². The van der Waals surface area contributed by atoms with Crippen LogP contribution in [0.5, 0.6) is 0 Å². The van der Waals surface area contributed by atoms with Crippen LogP contribution < -0.4 is 5.32 Å². The van der Waals surface area contributed by atoms with E-state index in [1.54, 1.807) is 7.11 Å². The highest BCUT2D eigenvalue weighted by molar-refractivity contribution is 4.67. The van der Waals surface area contributed by atoms with E-state index in [9.17, 15) is 0 Å². The first-order valence-electron chi connectivity index (χ1n) is 4.79. The quantitative estimate of drug-likeness (QED) is 0.663. The van der Waals surface area contributed by atoms with Gasteiger partial charge in [-0.1, -0.05) is 0 Å². The molecular formula is C9H20N2O. The zero-order chi connectivity index (χ0) is 8.81. The van der Waals surface area contributed by atoms with Gasteiger partial charge in [0, 0.05) is 26.7 Å². The summed E-state index contributed by atoms with van der Waals surface area (Å²) in [5.41, 5.74) is 0. The summed E-state index contributed by atoms with van der Waals surface area (Å²) in [4.78, 5) is 2.47. The Labute approximate surface area is 75.1 Å². The minimum Gasteiger partial charge on any atom is -0.380 e. The Bertz CT molecular complexity index is 111. The van der Waals surface area contributed by atoms with Gasteiger partial charge in [-0.05, 0) is 26.4 Å². The van der Waals surface area contributed by atoms with Crippen molar-refractivity contribution in [3.63, 3.8) is 0 Å². The van der Waals surface area contributed by atoms with Crippen molar-refractivity contribution in [1.82, 2.24) is 10.2 Å². The number of hydrogen-bond donors (Lipinski definition) is 1. The Morgan fingerprint density at radius 1 is 1.42 bits per heavy atom. The molecule has 0 aromatic rings. The van der Waals surface area contributed by atoms with Crippen molar-refractivity contribution in [2.24, 2.45) is 0 Å². The van der Waals surface area contributed by atoms with Crippen LogP contribution in [0, 0.1) is 0 Å². The minimum atomic E-state index is 0.364. The van der Waals surface area contributed by atoms with Gasteiger partial charge in [-0.2, -0.15) is 0 Å². The van der Waals surface area contributed by atoms with Crippen LogP contribution in [0.25, 0.3) is 0 Å². The third-order valence-corrected chi connectivity index (χ3v) is 2.35. The molecule has 0 saturated carbocycles. The Morgan fingerprint density at radius 3 is 3.00 bits per heavy atom. The SMILES string of the molecule is COC(C)CN1CCCNCC1. The summed E-state index contributed by atoms with van der Waals surface area (Å²) in [6, 6.07) is 0. The largest absolute Gasteiger partial charge is 0.380 e. The molecule has 0 aromatic carbocycles. The number of rotatable bonds is 3. The van der Waals surface area contributed by atoms with E-state index in [2.05, 4.69) is 17.1 Å². The molecule has 0 amide bonds. The summed E-state index contributed by atoms with van der Waals surface area (Å²) < 4.78 is 5.23. The van der Waals surface area contributed by atoms with Crippen LogP contribution in [0.1, 0.15) is 13.3 Å². The molecule has 12 heavy (non-hydrogen) atoms. The van der Waals surface area contributed by atoms with Gasteiger partial charge in [0.25, 0.3) is 0 Å². The predicted octanol–water partition coefficient (Wildman–Crippen LogP) is 0.317. The zero-order valence-electron chi connectivity index (χ0n) is 8.18. The van der Waals surface area contributed by atoms with Crippen LogP contribution in [0.15, 0.2) is 0 Å². The Kier molecular flexibility index (Phi) is 4.58. The molecule has 1 rings (SSSR count). The smallest absolute Gasteiger partial charge is 0.0670 e. The normalized spacial score (nSPS) is 23.5. The molecule has 3 heteroatoms.